The quantitative estimate of drug-likeness (QED) is 0.731. The number of esters is 1. The molecule has 0 aliphatic heterocycles. The summed E-state index contributed by atoms with van der Waals surface area (Å²) in [5.41, 5.74) is 7.96. The van der Waals surface area contributed by atoms with Crippen molar-refractivity contribution in [3.05, 3.63) is 34.4 Å². The Labute approximate surface area is 156 Å². The topological polar surface area (TPSA) is 77.2 Å². The molecule has 1 saturated carbocycles. The van der Waals surface area contributed by atoms with Crippen molar-refractivity contribution in [1.82, 2.24) is 4.98 Å². The molecule has 1 fully saturated rings. The van der Waals surface area contributed by atoms with E-state index in [4.69, 9.17) is 10.5 Å². The van der Waals surface area contributed by atoms with Crippen molar-refractivity contribution >= 4 is 38.5 Å². The lowest BCUT2D eigenvalue weighted by molar-refractivity contribution is 0.0527. The first-order valence-corrected chi connectivity index (χ1v) is 9.63. The van der Waals surface area contributed by atoms with E-state index >= 15 is 0 Å². The Morgan fingerprint density at radius 1 is 1.36 bits per heavy atom. The average molecular weight is 406 g/mol. The van der Waals surface area contributed by atoms with Crippen LogP contribution in [0.5, 0.6) is 0 Å². The summed E-state index contributed by atoms with van der Waals surface area (Å²) in [6.07, 6.45) is 5.97. The summed E-state index contributed by atoms with van der Waals surface area (Å²) in [5, 5.41) is 4.53. The number of hydrogen-bond acceptors (Lipinski definition) is 5. The van der Waals surface area contributed by atoms with Gasteiger partial charge < -0.3 is 15.8 Å². The summed E-state index contributed by atoms with van der Waals surface area (Å²) < 4.78 is 6.18. The number of nitrogens with zero attached hydrogens (tertiary/aromatic N) is 1. The molecular weight excluding hydrogens is 382 g/mol. The Morgan fingerprint density at radius 2 is 2.12 bits per heavy atom. The maximum absolute atomic E-state index is 12.4. The normalized spacial score (nSPS) is 20.4. The molecule has 1 aliphatic rings. The van der Waals surface area contributed by atoms with Crippen LogP contribution in [0.2, 0.25) is 0 Å². The van der Waals surface area contributed by atoms with Crippen molar-refractivity contribution in [1.29, 1.82) is 0 Å². The number of nitrogens with one attached hydrogen (secondary N) is 1. The van der Waals surface area contributed by atoms with Crippen molar-refractivity contribution in [3.8, 4) is 0 Å². The maximum Gasteiger partial charge on any atom is 0.341 e. The smallest absolute Gasteiger partial charge is 0.341 e. The van der Waals surface area contributed by atoms with Gasteiger partial charge in [-0.2, -0.15) is 0 Å². The summed E-state index contributed by atoms with van der Waals surface area (Å²) >= 11 is 3.52. The van der Waals surface area contributed by atoms with Gasteiger partial charge in [0.25, 0.3) is 0 Å². The minimum atomic E-state index is -0.338. The average Bonchev–Trinajstić information content (AvgIpc) is 2.63. The number of anilines is 1. The summed E-state index contributed by atoms with van der Waals surface area (Å²) in [4.78, 5) is 16.8. The van der Waals surface area contributed by atoms with E-state index < -0.39 is 0 Å². The number of aromatic nitrogens is 1. The number of carbonyl (C=O) groups excluding carboxylic acids is 1. The van der Waals surface area contributed by atoms with Gasteiger partial charge in [0.2, 0.25) is 0 Å². The minimum Gasteiger partial charge on any atom is -0.462 e. The summed E-state index contributed by atoms with van der Waals surface area (Å²) in [7, 11) is 0. The van der Waals surface area contributed by atoms with Gasteiger partial charge in [-0.1, -0.05) is 15.9 Å². The van der Waals surface area contributed by atoms with Crippen LogP contribution in [0.25, 0.3) is 10.9 Å². The molecule has 2 aromatic rings. The van der Waals surface area contributed by atoms with Gasteiger partial charge in [0.05, 0.1) is 17.8 Å². The van der Waals surface area contributed by atoms with Gasteiger partial charge in [0.15, 0.2) is 0 Å². The number of fused-ring (bicyclic) bond motifs is 1. The van der Waals surface area contributed by atoms with E-state index in [9.17, 15) is 4.79 Å². The van der Waals surface area contributed by atoms with Gasteiger partial charge >= 0.3 is 5.97 Å². The molecule has 0 amide bonds. The zero-order valence-corrected chi connectivity index (χ0v) is 16.0. The number of rotatable bonds is 5. The fourth-order valence-electron chi connectivity index (χ4n) is 3.43. The van der Waals surface area contributed by atoms with Crippen LogP contribution in [-0.4, -0.2) is 30.1 Å². The van der Waals surface area contributed by atoms with Crippen LogP contribution in [0.3, 0.4) is 0 Å². The number of hydrogen-bond donors (Lipinski definition) is 2. The molecule has 0 spiro atoms. The van der Waals surface area contributed by atoms with E-state index in [0.29, 0.717) is 24.1 Å². The third-order valence-electron chi connectivity index (χ3n) is 4.85. The molecule has 1 aromatic carbocycles. The molecule has 1 heterocycles. The lowest BCUT2D eigenvalue weighted by Gasteiger charge is -2.30. The van der Waals surface area contributed by atoms with Crippen LogP contribution in [-0.2, 0) is 4.74 Å². The van der Waals surface area contributed by atoms with Crippen LogP contribution in [0.4, 0.5) is 5.69 Å². The molecule has 25 heavy (non-hydrogen) atoms. The molecule has 0 unspecified atom stereocenters. The highest BCUT2D eigenvalue weighted by atomic mass is 79.9. The predicted octanol–water partition coefficient (Wildman–Crippen LogP) is 4.10. The molecule has 0 atom stereocenters. The number of carbonyl (C=O) groups is 1. The van der Waals surface area contributed by atoms with Crippen LogP contribution in [0.1, 0.15) is 43.0 Å². The fourth-order valence-corrected chi connectivity index (χ4v) is 3.79. The van der Waals surface area contributed by atoms with E-state index in [1.54, 1.807) is 6.20 Å². The summed E-state index contributed by atoms with van der Waals surface area (Å²) in [5.74, 6) is 0.279. The standard InChI is InChI=1S/C19H24BrN3O2/c1-2-25-19(24)16-11-22-17-8-5-13(20)9-15(17)18(16)23-14-6-3-12(10-21)4-7-14/h5,8-9,11-12,14H,2-4,6-7,10,21H2,1H3,(H,22,23)/t12-,14-. The minimum absolute atomic E-state index is 0.334. The molecule has 6 heteroatoms. The zero-order valence-electron chi connectivity index (χ0n) is 14.4. The van der Waals surface area contributed by atoms with Crippen molar-refractivity contribution in [2.75, 3.05) is 18.5 Å². The summed E-state index contributed by atoms with van der Waals surface area (Å²) in [6.45, 7) is 2.91. The van der Waals surface area contributed by atoms with Crippen molar-refractivity contribution < 1.29 is 9.53 Å². The second-order valence-corrected chi connectivity index (χ2v) is 7.44. The van der Waals surface area contributed by atoms with Gasteiger partial charge in [-0.25, -0.2) is 4.79 Å². The van der Waals surface area contributed by atoms with Gasteiger partial charge in [-0.05, 0) is 63.3 Å². The maximum atomic E-state index is 12.4. The lowest BCUT2D eigenvalue weighted by Crippen LogP contribution is -2.29. The van der Waals surface area contributed by atoms with E-state index in [1.165, 1.54) is 0 Å². The number of pyridine rings is 1. The van der Waals surface area contributed by atoms with Crippen molar-refractivity contribution in [2.24, 2.45) is 11.7 Å². The Kier molecular flexibility index (Phi) is 5.91. The second kappa shape index (κ2) is 8.15. The number of benzene rings is 1. The van der Waals surface area contributed by atoms with E-state index in [2.05, 4.69) is 26.2 Å². The van der Waals surface area contributed by atoms with Crippen LogP contribution in [0, 0.1) is 5.92 Å². The molecule has 0 radical (unpaired) electrons. The van der Waals surface area contributed by atoms with E-state index in [0.717, 1.165) is 53.3 Å². The Bertz CT molecular complexity index is 758. The van der Waals surface area contributed by atoms with E-state index in [1.807, 2.05) is 25.1 Å². The molecule has 5 nitrogen and oxygen atoms in total. The molecule has 0 bridgehead atoms. The largest absolute Gasteiger partial charge is 0.462 e. The third kappa shape index (κ3) is 4.12. The van der Waals surface area contributed by atoms with E-state index in [-0.39, 0.29) is 5.97 Å². The Morgan fingerprint density at radius 3 is 2.80 bits per heavy atom. The zero-order chi connectivity index (χ0) is 17.8. The van der Waals surface area contributed by atoms with Gasteiger partial charge in [0.1, 0.15) is 5.56 Å². The Hall–Kier alpha value is -1.66. The van der Waals surface area contributed by atoms with Gasteiger partial charge in [0, 0.05) is 22.1 Å². The predicted molar refractivity (Wildman–Crippen MR) is 104 cm³/mol. The lowest BCUT2D eigenvalue weighted by atomic mass is 9.86. The highest BCUT2D eigenvalue weighted by molar-refractivity contribution is 9.10. The fraction of sp³-hybridized carbons (Fsp3) is 0.474. The summed E-state index contributed by atoms with van der Waals surface area (Å²) in [6, 6.07) is 6.24. The first-order chi connectivity index (χ1) is 12.1. The highest BCUT2D eigenvalue weighted by Crippen LogP contribution is 2.32. The molecule has 3 rings (SSSR count). The highest BCUT2D eigenvalue weighted by Gasteiger charge is 2.23. The number of nitrogens with two attached hydrogens (primary N) is 1. The first-order valence-electron chi connectivity index (χ1n) is 8.84. The van der Waals surface area contributed by atoms with Gasteiger partial charge in [-0.3, -0.25) is 4.98 Å². The molecule has 1 aliphatic carbocycles. The number of halogens is 1. The SMILES string of the molecule is CCOC(=O)c1cnc2ccc(Br)cc2c1N[C@H]1CC[C@H](CN)CC1. The molecule has 3 N–H and O–H groups in total. The molecular formula is C19H24BrN3O2. The molecule has 134 valence electrons. The molecule has 1 aromatic heterocycles. The van der Waals surface area contributed by atoms with Crippen LogP contribution < -0.4 is 11.1 Å². The second-order valence-electron chi connectivity index (χ2n) is 6.53. The third-order valence-corrected chi connectivity index (χ3v) is 5.35. The number of ether oxygens (including phenoxy) is 1. The monoisotopic (exact) mass is 405 g/mol. The Balaban J connectivity index is 1.96. The van der Waals surface area contributed by atoms with Crippen molar-refractivity contribution in [3.63, 3.8) is 0 Å². The van der Waals surface area contributed by atoms with Gasteiger partial charge in [-0.15, -0.1) is 0 Å². The van der Waals surface area contributed by atoms with Crippen LogP contribution >= 0.6 is 15.9 Å². The van der Waals surface area contributed by atoms with Crippen LogP contribution in [0.15, 0.2) is 28.9 Å². The first kappa shape index (κ1) is 18.1. The van der Waals surface area contributed by atoms with Crippen molar-refractivity contribution in [2.45, 2.75) is 38.6 Å². The molecule has 0 saturated heterocycles.